The highest BCUT2D eigenvalue weighted by molar-refractivity contribution is 5.76. The zero-order chi connectivity index (χ0) is 13.0. The van der Waals surface area contributed by atoms with Gasteiger partial charge in [-0.15, -0.1) is 0 Å². The molecule has 18 heavy (non-hydrogen) atoms. The highest BCUT2D eigenvalue weighted by Crippen LogP contribution is 2.13. The molecule has 0 saturated heterocycles. The predicted octanol–water partition coefficient (Wildman–Crippen LogP) is 1.78. The van der Waals surface area contributed by atoms with E-state index in [9.17, 15) is 4.79 Å². The molecule has 2 amide bonds. The molecule has 1 aromatic carbocycles. The molecule has 2 aromatic rings. The van der Waals surface area contributed by atoms with E-state index in [0.717, 1.165) is 23.3 Å². The van der Waals surface area contributed by atoms with Crippen LogP contribution in [-0.4, -0.2) is 22.1 Å². The molecule has 0 radical (unpaired) electrons. The summed E-state index contributed by atoms with van der Waals surface area (Å²) in [4.78, 5) is 15.9. The number of para-hydroxylation sites is 2. The molecule has 0 aliphatic heterocycles. The third kappa shape index (κ3) is 2.61. The van der Waals surface area contributed by atoms with Crippen LogP contribution in [-0.2, 0) is 13.6 Å². The van der Waals surface area contributed by atoms with E-state index in [2.05, 4.69) is 15.6 Å². The van der Waals surface area contributed by atoms with Crippen LogP contribution in [0, 0.1) is 0 Å². The molecule has 0 atom stereocenters. The second-order valence-corrected chi connectivity index (χ2v) is 4.19. The summed E-state index contributed by atoms with van der Waals surface area (Å²) in [6.07, 6.45) is 0.930. The summed E-state index contributed by atoms with van der Waals surface area (Å²) in [5.41, 5.74) is 2.02. The van der Waals surface area contributed by atoms with Gasteiger partial charge in [-0.25, -0.2) is 9.78 Å². The lowest BCUT2D eigenvalue weighted by molar-refractivity contribution is 0.240. The number of carbonyl (C=O) groups is 1. The highest BCUT2D eigenvalue weighted by Gasteiger charge is 2.07. The van der Waals surface area contributed by atoms with Gasteiger partial charge in [-0.3, -0.25) is 0 Å². The van der Waals surface area contributed by atoms with Gasteiger partial charge in [0.1, 0.15) is 5.82 Å². The molecule has 1 heterocycles. The van der Waals surface area contributed by atoms with E-state index in [1.165, 1.54) is 0 Å². The summed E-state index contributed by atoms with van der Waals surface area (Å²) in [7, 11) is 1.95. The minimum Gasteiger partial charge on any atom is -0.338 e. The Kier molecular flexibility index (Phi) is 3.82. The number of carbonyl (C=O) groups excluding carboxylic acids is 1. The highest BCUT2D eigenvalue weighted by atomic mass is 16.2. The van der Waals surface area contributed by atoms with Gasteiger partial charge in [-0.1, -0.05) is 19.1 Å². The Morgan fingerprint density at radius 2 is 2.11 bits per heavy atom. The molecule has 2 rings (SSSR count). The number of hydrogen-bond donors (Lipinski definition) is 2. The molecule has 0 spiro atoms. The lowest BCUT2D eigenvalue weighted by Crippen LogP contribution is -2.35. The quantitative estimate of drug-likeness (QED) is 0.864. The van der Waals surface area contributed by atoms with Gasteiger partial charge < -0.3 is 15.2 Å². The third-order valence-corrected chi connectivity index (χ3v) is 2.82. The first-order chi connectivity index (χ1) is 8.72. The number of benzene rings is 1. The molecule has 1 aromatic heterocycles. The fourth-order valence-electron chi connectivity index (χ4n) is 1.81. The van der Waals surface area contributed by atoms with Crippen molar-refractivity contribution in [3.63, 3.8) is 0 Å². The van der Waals surface area contributed by atoms with Crippen LogP contribution in [0.2, 0.25) is 0 Å². The van der Waals surface area contributed by atoms with Crippen molar-refractivity contribution >= 4 is 17.1 Å². The van der Waals surface area contributed by atoms with Crippen molar-refractivity contribution in [1.29, 1.82) is 0 Å². The van der Waals surface area contributed by atoms with Crippen LogP contribution in [0.5, 0.6) is 0 Å². The Morgan fingerprint density at radius 1 is 1.33 bits per heavy atom. The smallest absolute Gasteiger partial charge is 0.315 e. The first-order valence-corrected chi connectivity index (χ1v) is 6.14. The monoisotopic (exact) mass is 246 g/mol. The molecular formula is C13H18N4O. The van der Waals surface area contributed by atoms with Gasteiger partial charge in [0.2, 0.25) is 0 Å². The molecule has 96 valence electrons. The minimum absolute atomic E-state index is 0.149. The lowest BCUT2D eigenvalue weighted by Gasteiger charge is -2.06. The summed E-state index contributed by atoms with van der Waals surface area (Å²) in [5, 5.41) is 5.57. The first-order valence-electron chi connectivity index (χ1n) is 6.14. The standard InChI is InChI=1S/C13H18N4O/c1-3-8-14-13(18)15-9-12-16-10-6-4-5-7-11(10)17(12)2/h4-7H,3,8-9H2,1-2H3,(H2,14,15,18). The molecule has 0 aliphatic carbocycles. The number of urea groups is 1. The molecule has 0 bridgehead atoms. The van der Waals surface area contributed by atoms with Crippen molar-refractivity contribution in [2.24, 2.45) is 7.05 Å². The Hall–Kier alpha value is -2.04. The van der Waals surface area contributed by atoms with E-state index in [1.54, 1.807) is 0 Å². The van der Waals surface area contributed by atoms with Crippen LogP contribution >= 0.6 is 0 Å². The Labute approximate surface area is 106 Å². The zero-order valence-corrected chi connectivity index (χ0v) is 10.7. The number of aryl methyl sites for hydroxylation is 1. The molecule has 0 aliphatic rings. The van der Waals surface area contributed by atoms with Gasteiger partial charge in [-0.2, -0.15) is 0 Å². The van der Waals surface area contributed by atoms with Crippen molar-refractivity contribution in [1.82, 2.24) is 20.2 Å². The summed E-state index contributed by atoms with van der Waals surface area (Å²) in [5.74, 6) is 0.850. The van der Waals surface area contributed by atoms with Crippen molar-refractivity contribution in [2.75, 3.05) is 6.54 Å². The predicted molar refractivity (Wildman–Crippen MR) is 71.2 cm³/mol. The van der Waals surface area contributed by atoms with E-state index >= 15 is 0 Å². The number of hydrogen-bond acceptors (Lipinski definition) is 2. The van der Waals surface area contributed by atoms with Crippen LogP contribution in [0.3, 0.4) is 0 Å². The van der Waals surface area contributed by atoms with Gasteiger partial charge in [-0.05, 0) is 18.6 Å². The summed E-state index contributed by atoms with van der Waals surface area (Å²) < 4.78 is 2.00. The largest absolute Gasteiger partial charge is 0.338 e. The molecular weight excluding hydrogens is 228 g/mol. The maximum absolute atomic E-state index is 11.4. The summed E-state index contributed by atoms with van der Waals surface area (Å²) in [6, 6.07) is 7.78. The normalized spacial score (nSPS) is 10.6. The Bertz CT molecular complexity index is 547. The van der Waals surface area contributed by atoms with E-state index in [0.29, 0.717) is 13.1 Å². The number of aromatic nitrogens is 2. The third-order valence-electron chi connectivity index (χ3n) is 2.82. The van der Waals surface area contributed by atoms with Gasteiger partial charge in [0.05, 0.1) is 17.6 Å². The van der Waals surface area contributed by atoms with Gasteiger partial charge in [0, 0.05) is 13.6 Å². The van der Waals surface area contributed by atoms with Crippen molar-refractivity contribution in [3.05, 3.63) is 30.1 Å². The zero-order valence-electron chi connectivity index (χ0n) is 10.7. The van der Waals surface area contributed by atoms with Crippen molar-refractivity contribution in [3.8, 4) is 0 Å². The average Bonchev–Trinajstić information content (AvgIpc) is 2.71. The maximum Gasteiger partial charge on any atom is 0.315 e. The summed E-state index contributed by atoms with van der Waals surface area (Å²) in [6.45, 7) is 3.14. The number of imidazole rings is 1. The fourth-order valence-corrected chi connectivity index (χ4v) is 1.81. The molecule has 5 heteroatoms. The van der Waals surface area contributed by atoms with Crippen molar-refractivity contribution < 1.29 is 4.79 Å². The Morgan fingerprint density at radius 3 is 2.83 bits per heavy atom. The number of fused-ring (bicyclic) bond motifs is 1. The molecule has 0 fully saturated rings. The van der Waals surface area contributed by atoms with E-state index < -0.39 is 0 Å². The van der Waals surface area contributed by atoms with Crippen LogP contribution < -0.4 is 10.6 Å². The lowest BCUT2D eigenvalue weighted by atomic mass is 10.3. The van der Waals surface area contributed by atoms with Gasteiger partial charge in [0.15, 0.2) is 0 Å². The molecule has 0 saturated carbocycles. The molecule has 2 N–H and O–H groups in total. The second kappa shape index (κ2) is 5.53. The topological polar surface area (TPSA) is 59.0 Å². The number of amides is 2. The first kappa shape index (κ1) is 12.4. The van der Waals surface area contributed by atoms with Gasteiger partial charge >= 0.3 is 6.03 Å². The fraction of sp³-hybridized carbons (Fsp3) is 0.385. The Balaban J connectivity index is 2.03. The second-order valence-electron chi connectivity index (χ2n) is 4.19. The van der Waals surface area contributed by atoms with E-state index in [4.69, 9.17) is 0 Å². The molecule has 5 nitrogen and oxygen atoms in total. The van der Waals surface area contributed by atoms with Crippen LogP contribution in [0.1, 0.15) is 19.2 Å². The number of nitrogens with zero attached hydrogens (tertiary/aromatic N) is 2. The van der Waals surface area contributed by atoms with Crippen LogP contribution in [0.15, 0.2) is 24.3 Å². The van der Waals surface area contributed by atoms with Gasteiger partial charge in [0.25, 0.3) is 0 Å². The minimum atomic E-state index is -0.149. The van der Waals surface area contributed by atoms with Crippen LogP contribution in [0.4, 0.5) is 4.79 Å². The summed E-state index contributed by atoms with van der Waals surface area (Å²) >= 11 is 0. The van der Waals surface area contributed by atoms with Crippen molar-refractivity contribution in [2.45, 2.75) is 19.9 Å². The number of rotatable bonds is 4. The van der Waals surface area contributed by atoms with E-state index in [1.807, 2.05) is 42.8 Å². The SMILES string of the molecule is CCCNC(=O)NCc1nc2ccccc2n1C. The number of nitrogens with one attached hydrogen (secondary N) is 2. The maximum atomic E-state index is 11.4. The molecule has 0 unspecified atom stereocenters. The average molecular weight is 246 g/mol. The van der Waals surface area contributed by atoms with Crippen LogP contribution in [0.25, 0.3) is 11.0 Å². The van der Waals surface area contributed by atoms with E-state index in [-0.39, 0.29) is 6.03 Å².